The Bertz CT molecular complexity index is 1040. The van der Waals surface area contributed by atoms with E-state index < -0.39 is 11.2 Å². The van der Waals surface area contributed by atoms with Crippen LogP contribution in [0.4, 0.5) is 22.9 Å². The van der Waals surface area contributed by atoms with Gasteiger partial charge in [-0.1, -0.05) is 6.07 Å². The maximum Gasteiger partial charge on any atom is 0.190 e. The van der Waals surface area contributed by atoms with Crippen molar-refractivity contribution in [2.24, 2.45) is 5.14 Å². The summed E-state index contributed by atoms with van der Waals surface area (Å²) >= 11 is -1.64. The number of fused-ring (bicyclic) bond motifs is 1. The molecule has 0 spiro atoms. The summed E-state index contributed by atoms with van der Waals surface area (Å²) in [5.74, 6) is 0.557. The van der Waals surface area contributed by atoms with Crippen LogP contribution in [-0.2, 0) is 11.2 Å². The summed E-state index contributed by atoms with van der Waals surface area (Å²) in [6.45, 7) is 0. The second-order valence-electron chi connectivity index (χ2n) is 5.96. The summed E-state index contributed by atoms with van der Waals surface area (Å²) in [5, 5.41) is 25.6. The Balaban J connectivity index is 1.69. The van der Waals surface area contributed by atoms with Crippen molar-refractivity contribution in [3.8, 4) is 6.07 Å². The Morgan fingerprint density at radius 3 is 2.85 bits per heavy atom. The zero-order valence-electron chi connectivity index (χ0n) is 13.6. The molecule has 0 saturated heterocycles. The summed E-state index contributed by atoms with van der Waals surface area (Å²) in [4.78, 5) is 4.30. The second kappa shape index (κ2) is 6.62. The van der Waals surface area contributed by atoms with Gasteiger partial charge in [0.2, 0.25) is 0 Å². The summed E-state index contributed by atoms with van der Waals surface area (Å²) in [5.41, 5.74) is 3.16. The lowest BCUT2D eigenvalue weighted by Gasteiger charge is -2.12. The molecule has 132 valence electrons. The monoisotopic (exact) mass is 368 g/mol. The molecular formula is C16H16N8OS. The molecule has 9 nitrogen and oxygen atoms in total. The van der Waals surface area contributed by atoms with Gasteiger partial charge in [-0.25, -0.2) is 14.3 Å². The number of imidazole rings is 1. The first-order valence-electron chi connectivity index (χ1n) is 7.98. The van der Waals surface area contributed by atoms with Gasteiger partial charge in [0.15, 0.2) is 28.3 Å². The Hall–Kier alpha value is -3.16. The van der Waals surface area contributed by atoms with E-state index in [1.807, 2.05) is 12.1 Å². The highest BCUT2D eigenvalue weighted by Crippen LogP contribution is 2.29. The first kappa shape index (κ1) is 16.3. The van der Waals surface area contributed by atoms with Gasteiger partial charge in [-0.3, -0.25) is 4.72 Å². The lowest BCUT2D eigenvalue weighted by molar-refractivity contribution is 0.687. The van der Waals surface area contributed by atoms with Crippen molar-refractivity contribution in [3.05, 3.63) is 42.2 Å². The predicted molar refractivity (Wildman–Crippen MR) is 100 cm³/mol. The summed E-state index contributed by atoms with van der Waals surface area (Å²) < 4.78 is 15.3. The molecule has 1 aliphatic rings. The van der Waals surface area contributed by atoms with Crippen molar-refractivity contribution in [2.45, 2.75) is 18.9 Å². The third-order valence-corrected chi connectivity index (χ3v) is 4.31. The molecule has 1 atom stereocenters. The summed E-state index contributed by atoms with van der Waals surface area (Å²) in [6, 6.07) is 11.6. The predicted octanol–water partition coefficient (Wildman–Crippen LogP) is 1.87. The van der Waals surface area contributed by atoms with Crippen molar-refractivity contribution in [3.63, 3.8) is 0 Å². The van der Waals surface area contributed by atoms with Gasteiger partial charge in [0.25, 0.3) is 0 Å². The molecule has 26 heavy (non-hydrogen) atoms. The molecule has 5 N–H and O–H groups in total. The number of aromatic nitrogens is 3. The second-order valence-corrected chi connectivity index (χ2v) is 6.76. The third-order valence-electron chi connectivity index (χ3n) is 3.87. The molecule has 0 aliphatic heterocycles. The van der Waals surface area contributed by atoms with Crippen LogP contribution in [0.3, 0.4) is 0 Å². The first-order chi connectivity index (χ1) is 12.6. The zero-order chi connectivity index (χ0) is 18.1. The molecule has 1 fully saturated rings. The van der Waals surface area contributed by atoms with Crippen molar-refractivity contribution in [2.75, 3.05) is 15.4 Å². The van der Waals surface area contributed by atoms with Crippen LogP contribution >= 0.6 is 0 Å². The number of hydrogen-bond acceptors (Lipinski definition) is 6. The maximum absolute atomic E-state index is 11.1. The van der Waals surface area contributed by atoms with E-state index in [9.17, 15) is 9.47 Å². The van der Waals surface area contributed by atoms with Gasteiger partial charge in [-0.15, -0.1) is 5.10 Å². The molecule has 1 saturated carbocycles. The number of hydrogen-bond donors (Lipinski definition) is 4. The minimum absolute atomic E-state index is 0.358. The van der Waals surface area contributed by atoms with E-state index in [4.69, 9.17) is 5.14 Å². The van der Waals surface area contributed by atoms with Crippen LogP contribution in [0.2, 0.25) is 0 Å². The lowest BCUT2D eigenvalue weighted by atomic mass is 10.3. The summed E-state index contributed by atoms with van der Waals surface area (Å²) in [6.07, 6.45) is 3.74. The van der Waals surface area contributed by atoms with Crippen LogP contribution in [-0.4, -0.2) is 24.8 Å². The Kier molecular flexibility index (Phi) is 4.16. The SMILES string of the molecule is N#Cc1cnc2c(NC3CC3)cc(Nc3cccc(NS(N)=O)c3)nn12. The van der Waals surface area contributed by atoms with Crippen LogP contribution in [0.5, 0.6) is 0 Å². The van der Waals surface area contributed by atoms with E-state index in [-0.39, 0.29) is 0 Å². The van der Waals surface area contributed by atoms with Crippen molar-refractivity contribution in [1.82, 2.24) is 14.6 Å². The van der Waals surface area contributed by atoms with Gasteiger partial charge in [0.05, 0.1) is 11.9 Å². The number of rotatable bonds is 6. The molecule has 3 aromatic rings. The number of nitrogens with zero attached hydrogens (tertiary/aromatic N) is 4. The van der Waals surface area contributed by atoms with E-state index in [1.165, 1.54) is 10.7 Å². The molecule has 1 aliphatic carbocycles. The first-order valence-corrected chi connectivity index (χ1v) is 9.19. The maximum atomic E-state index is 11.1. The molecule has 4 rings (SSSR count). The molecule has 2 heterocycles. The third kappa shape index (κ3) is 3.44. The average molecular weight is 368 g/mol. The van der Waals surface area contributed by atoms with Gasteiger partial charge in [0, 0.05) is 23.5 Å². The van der Waals surface area contributed by atoms with E-state index in [0.717, 1.165) is 24.2 Å². The standard InChI is InChI=1S/C16H16N8OS/c17-8-13-9-19-16-14(20-10-4-5-10)7-15(22-24(13)16)21-11-2-1-3-12(6-11)23-26(18)25/h1-3,6-7,9-10,20,23H,4-5,18H2,(H,21,22). The van der Waals surface area contributed by atoms with Crippen molar-refractivity contribution >= 4 is 39.7 Å². The van der Waals surface area contributed by atoms with Crippen LogP contribution in [0.1, 0.15) is 18.5 Å². The molecule has 2 aromatic heterocycles. The normalized spacial score (nSPS) is 14.6. The molecule has 10 heteroatoms. The smallest absolute Gasteiger partial charge is 0.190 e. The average Bonchev–Trinajstić information content (AvgIpc) is 3.31. The van der Waals surface area contributed by atoms with E-state index in [0.29, 0.717) is 28.9 Å². The quantitative estimate of drug-likeness (QED) is 0.525. The molecule has 1 aromatic carbocycles. The fraction of sp³-hybridized carbons (Fsp3) is 0.188. The van der Waals surface area contributed by atoms with Gasteiger partial charge in [-0.2, -0.15) is 9.78 Å². The molecule has 0 amide bonds. The molecule has 1 unspecified atom stereocenters. The summed E-state index contributed by atoms with van der Waals surface area (Å²) in [7, 11) is 0. The molecular weight excluding hydrogens is 352 g/mol. The highest BCUT2D eigenvalue weighted by molar-refractivity contribution is 7.84. The van der Waals surface area contributed by atoms with E-state index in [1.54, 1.807) is 18.2 Å². The van der Waals surface area contributed by atoms with E-state index >= 15 is 0 Å². The fourth-order valence-electron chi connectivity index (χ4n) is 2.58. The largest absolute Gasteiger partial charge is 0.379 e. The van der Waals surface area contributed by atoms with Gasteiger partial charge >= 0.3 is 0 Å². The number of nitriles is 1. The Morgan fingerprint density at radius 1 is 1.31 bits per heavy atom. The minimum Gasteiger partial charge on any atom is -0.379 e. The number of benzene rings is 1. The van der Waals surface area contributed by atoms with Gasteiger partial charge in [-0.05, 0) is 31.0 Å². The Labute approximate surface area is 151 Å². The van der Waals surface area contributed by atoms with Crippen molar-refractivity contribution in [1.29, 1.82) is 5.26 Å². The number of nitrogens with two attached hydrogens (primary N) is 1. The van der Waals surface area contributed by atoms with Crippen molar-refractivity contribution < 1.29 is 4.21 Å². The van der Waals surface area contributed by atoms with E-state index in [2.05, 4.69) is 31.5 Å². The molecule has 0 radical (unpaired) electrons. The van der Waals surface area contributed by atoms with Crippen LogP contribution in [0, 0.1) is 11.3 Å². The highest BCUT2D eigenvalue weighted by Gasteiger charge is 2.23. The van der Waals surface area contributed by atoms with Gasteiger partial charge < -0.3 is 10.6 Å². The lowest BCUT2D eigenvalue weighted by Crippen LogP contribution is -2.13. The number of anilines is 4. The fourth-order valence-corrected chi connectivity index (χ4v) is 2.94. The van der Waals surface area contributed by atoms with Crippen LogP contribution in [0.25, 0.3) is 5.65 Å². The highest BCUT2D eigenvalue weighted by atomic mass is 32.2. The van der Waals surface area contributed by atoms with Gasteiger partial charge in [0.1, 0.15) is 6.07 Å². The number of nitrogens with one attached hydrogen (secondary N) is 3. The Morgan fingerprint density at radius 2 is 2.12 bits per heavy atom. The van der Waals surface area contributed by atoms with Crippen LogP contribution in [0.15, 0.2) is 36.5 Å². The van der Waals surface area contributed by atoms with Crippen LogP contribution < -0.4 is 20.5 Å². The topological polar surface area (TPSA) is 133 Å². The molecule has 0 bridgehead atoms. The zero-order valence-corrected chi connectivity index (χ0v) is 14.5. The minimum atomic E-state index is -1.64.